The van der Waals surface area contributed by atoms with Gasteiger partial charge in [0.1, 0.15) is 0 Å². The molecule has 0 radical (unpaired) electrons. The van der Waals surface area contributed by atoms with Gasteiger partial charge in [0, 0.05) is 0 Å². The average molecular weight is 212 g/mol. The molecule has 1 unspecified atom stereocenters. The summed E-state index contributed by atoms with van der Waals surface area (Å²) in [5.74, 6) is 0. The van der Waals surface area contributed by atoms with E-state index in [-0.39, 0.29) is 7.92 Å². The van der Waals surface area contributed by atoms with Crippen LogP contribution in [0.1, 0.15) is 11.1 Å². The van der Waals surface area contributed by atoms with E-state index in [0.29, 0.717) is 0 Å². The fourth-order valence-electron chi connectivity index (χ4n) is 2.35. The molecule has 0 fully saturated rings. The Morgan fingerprint density at radius 3 is 2.67 bits per heavy atom. The number of benzene rings is 2. The molecule has 0 nitrogen and oxygen atoms in total. The molecule has 0 saturated carbocycles. The zero-order valence-corrected chi connectivity index (χ0v) is 9.72. The first-order valence-corrected chi connectivity index (χ1v) is 7.16. The highest BCUT2D eigenvalue weighted by Crippen LogP contribution is 2.55. The van der Waals surface area contributed by atoms with E-state index in [2.05, 4.69) is 49.6 Å². The van der Waals surface area contributed by atoms with Crippen molar-refractivity contribution >= 4 is 24.0 Å². The molecule has 74 valence electrons. The number of hydrogen-bond donors (Lipinski definition) is 0. The van der Waals surface area contributed by atoms with E-state index in [4.69, 9.17) is 0 Å². The first-order chi connectivity index (χ1) is 7.27. The van der Waals surface area contributed by atoms with Gasteiger partial charge in [-0.1, -0.05) is 50.9 Å². The minimum Gasteiger partial charge on any atom is -0.0907 e. The molecule has 1 atom stereocenters. The van der Waals surface area contributed by atoms with Crippen molar-refractivity contribution in [2.75, 3.05) is 6.66 Å². The molecule has 0 aliphatic carbocycles. The lowest BCUT2D eigenvalue weighted by Crippen LogP contribution is -1.97. The summed E-state index contributed by atoms with van der Waals surface area (Å²) in [7, 11) is -0.0597. The Morgan fingerprint density at radius 1 is 1.13 bits per heavy atom. The smallest absolute Gasteiger partial charge is 0.00289 e. The van der Waals surface area contributed by atoms with Crippen molar-refractivity contribution in [1.29, 1.82) is 0 Å². The third kappa shape index (κ3) is 1.25. The molecule has 15 heavy (non-hydrogen) atoms. The summed E-state index contributed by atoms with van der Waals surface area (Å²) in [6.45, 7) is 6.57. The van der Waals surface area contributed by atoms with Gasteiger partial charge in [-0.3, -0.25) is 0 Å². The fourth-order valence-corrected chi connectivity index (χ4v) is 3.91. The van der Waals surface area contributed by atoms with Gasteiger partial charge < -0.3 is 0 Å². The monoisotopic (exact) mass is 212 g/mol. The maximum absolute atomic E-state index is 4.25. The summed E-state index contributed by atoms with van der Waals surface area (Å²) in [4.78, 5) is 0. The Morgan fingerprint density at radius 2 is 1.87 bits per heavy atom. The first kappa shape index (κ1) is 9.12. The lowest BCUT2D eigenvalue weighted by molar-refractivity contribution is 1.42. The maximum atomic E-state index is 4.25. The second-order valence-corrected chi connectivity index (χ2v) is 6.38. The molecule has 0 bridgehead atoms. The van der Waals surface area contributed by atoms with Crippen LogP contribution >= 0.6 is 7.92 Å². The number of hydrogen-bond acceptors (Lipinski definition) is 0. The predicted octanol–water partition coefficient (Wildman–Crippen LogP) is 4.44. The van der Waals surface area contributed by atoms with Crippen LogP contribution in [-0.2, 0) is 6.16 Å². The summed E-state index contributed by atoms with van der Waals surface area (Å²) in [5.41, 5.74) is 2.88. The molecule has 1 heteroatoms. The Balaban J connectivity index is 2.46. The molecular weight excluding hydrogens is 199 g/mol. The summed E-state index contributed by atoms with van der Waals surface area (Å²) < 4.78 is 0. The second kappa shape index (κ2) is 3.18. The standard InChI is InChI=1S/C14H13P/c1-10-13-8-4-6-11-5-3-7-12(14(11)13)9-15(10)2/h3-8H,1,9H2,2H3. The van der Waals surface area contributed by atoms with Gasteiger partial charge >= 0.3 is 0 Å². The topological polar surface area (TPSA) is 0 Å². The summed E-state index contributed by atoms with van der Waals surface area (Å²) in [6.07, 6.45) is 1.20. The van der Waals surface area contributed by atoms with Crippen molar-refractivity contribution in [3.8, 4) is 0 Å². The highest BCUT2D eigenvalue weighted by Gasteiger charge is 2.19. The molecule has 1 aliphatic rings. The average Bonchev–Trinajstić information content (AvgIpc) is 2.26. The Labute approximate surface area is 91.4 Å². The van der Waals surface area contributed by atoms with Crippen LogP contribution in [0, 0.1) is 0 Å². The van der Waals surface area contributed by atoms with Crippen LogP contribution in [0.3, 0.4) is 0 Å². The van der Waals surface area contributed by atoms with Crippen LogP contribution in [0.2, 0.25) is 0 Å². The second-order valence-electron chi connectivity index (χ2n) is 4.12. The van der Waals surface area contributed by atoms with Gasteiger partial charge in [0.25, 0.3) is 0 Å². The zero-order valence-electron chi connectivity index (χ0n) is 8.83. The van der Waals surface area contributed by atoms with Crippen molar-refractivity contribution in [2.24, 2.45) is 0 Å². The van der Waals surface area contributed by atoms with Crippen molar-refractivity contribution in [1.82, 2.24) is 0 Å². The molecule has 0 N–H and O–H groups in total. The minimum absolute atomic E-state index is 0.0597. The SMILES string of the molecule is C=C1c2cccc3cccc(c23)CP1C. The van der Waals surface area contributed by atoms with Gasteiger partial charge in [0.15, 0.2) is 0 Å². The van der Waals surface area contributed by atoms with E-state index in [1.165, 1.54) is 33.4 Å². The van der Waals surface area contributed by atoms with Crippen molar-refractivity contribution < 1.29 is 0 Å². The lowest BCUT2D eigenvalue weighted by Gasteiger charge is -2.25. The molecule has 0 saturated heterocycles. The maximum Gasteiger partial charge on any atom is -0.00289 e. The predicted molar refractivity (Wildman–Crippen MR) is 69.5 cm³/mol. The summed E-state index contributed by atoms with van der Waals surface area (Å²) in [5, 5.41) is 4.15. The molecular formula is C14H13P. The van der Waals surface area contributed by atoms with Gasteiger partial charge in [-0.2, -0.15) is 0 Å². The zero-order chi connectivity index (χ0) is 10.4. The van der Waals surface area contributed by atoms with Crippen LogP contribution in [0.25, 0.3) is 16.1 Å². The summed E-state index contributed by atoms with van der Waals surface area (Å²) in [6, 6.07) is 13.2. The Kier molecular flexibility index (Phi) is 1.94. The van der Waals surface area contributed by atoms with Gasteiger partial charge in [-0.25, -0.2) is 0 Å². The molecule has 1 aliphatic heterocycles. The van der Waals surface area contributed by atoms with E-state index < -0.39 is 0 Å². The molecule has 2 aromatic rings. The molecule has 2 aromatic carbocycles. The minimum atomic E-state index is -0.0597. The first-order valence-electron chi connectivity index (χ1n) is 5.18. The van der Waals surface area contributed by atoms with Crippen LogP contribution < -0.4 is 0 Å². The quantitative estimate of drug-likeness (QED) is 0.566. The fraction of sp³-hybridized carbons (Fsp3) is 0.143. The van der Waals surface area contributed by atoms with E-state index in [1.54, 1.807) is 0 Å². The van der Waals surface area contributed by atoms with E-state index in [0.717, 1.165) is 0 Å². The van der Waals surface area contributed by atoms with Crippen molar-refractivity contribution in [3.05, 3.63) is 54.1 Å². The van der Waals surface area contributed by atoms with Crippen LogP contribution in [0.5, 0.6) is 0 Å². The van der Waals surface area contributed by atoms with Crippen LogP contribution in [0.4, 0.5) is 0 Å². The van der Waals surface area contributed by atoms with Crippen LogP contribution in [-0.4, -0.2) is 6.66 Å². The van der Waals surface area contributed by atoms with Gasteiger partial charge in [0.2, 0.25) is 0 Å². The third-order valence-corrected chi connectivity index (χ3v) is 5.15. The third-order valence-electron chi connectivity index (χ3n) is 3.17. The Bertz CT molecular complexity index is 549. The highest BCUT2D eigenvalue weighted by atomic mass is 31.1. The van der Waals surface area contributed by atoms with Crippen LogP contribution in [0.15, 0.2) is 43.0 Å². The van der Waals surface area contributed by atoms with E-state index in [1.807, 2.05) is 0 Å². The Hall–Kier alpha value is -1.13. The van der Waals surface area contributed by atoms with E-state index in [9.17, 15) is 0 Å². The molecule has 3 rings (SSSR count). The lowest BCUT2D eigenvalue weighted by atomic mass is 9.99. The normalized spacial score (nSPS) is 19.5. The van der Waals surface area contributed by atoms with Gasteiger partial charge in [0.05, 0.1) is 0 Å². The van der Waals surface area contributed by atoms with Gasteiger partial charge in [-0.15, -0.1) is 0 Å². The number of rotatable bonds is 0. The van der Waals surface area contributed by atoms with Gasteiger partial charge in [-0.05, 0) is 40.0 Å². The molecule has 0 amide bonds. The molecule has 1 heterocycles. The molecule has 0 aromatic heterocycles. The van der Waals surface area contributed by atoms with Crippen molar-refractivity contribution in [2.45, 2.75) is 6.16 Å². The molecule has 0 spiro atoms. The largest absolute Gasteiger partial charge is 0.0907 e. The highest BCUT2D eigenvalue weighted by molar-refractivity contribution is 7.67. The summed E-state index contributed by atoms with van der Waals surface area (Å²) >= 11 is 0. The van der Waals surface area contributed by atoms with Crippen molar-refractivity contribution in [3.63, 3.8) is 0 Å². The van der Waals surface area contributed by atoms with E-state index >= 15 is 0 Å².